The average Bonchev–Trinajstić information content (AvgIpc) is 2.40. The first-order valence-electron chi connectivity index (χ1n) is 6.80. The van der Waals surface area contributed by atoms with Crippen LogP contribution in [0.4, 0.5) is 0 Å². The molecule has 0 amide bonds. The average molecular weight is 312 g/mol. The Morgan fingerprint density at radius 3 is 2.56 bits per heavy atom. The Hall–Kier alpha value is -0.540. The van der Waals surface area contributed by atoms with Crippen molar-refractivity contribution >= 4 is 15.9 Å². The summed E-state index contributed by atoms with van der Waals surface area (Å²) in [6.45, 7) is 6.51. The summed E-state index contributed by atoms with van der Waals surface area (Å²) in [4.78, 5) is 3.16. The molecule has 1 aliphatic rings. The molecule has 100 valence electrons. The fourth-order valence-electron chi connectivity index (χ4n) is 2.45. The van der Waals surface area contributed by atoms with Crippen LogP contribution in [0.15, 0.2) is 30.3 Å². The van der Waals surface area contributed by atoms with Crippen LogP contribution in [0.3, 0.4) is 0 Å². The van der Waals surface area contributed by atoms with Crippen molar-refractivity contribution in [3.8, 4) is 5.75 Å². The molecule has 0 saturated carbocycles. The molecule has 1 atom stereocenters. The highest BCUT2D eigenvalue weighted by Gasteiger charge is 2.21. The highest BCUT2D eigenvalue weighted by atomic mass is 79.9. The molecule has 0 aromatic heterocycles. The van der Waals surface area contributed by atoms with E-state index in [1.54, 1.807) is 0 Å². The quantitative estimate of drug-likeness (QED) is 0.771. The van der Waals surface area contributed by atoms with Crippen molar-refractivity contribution in [2.24, 2.45) is 5.92 Å². The minimum atomic E-state index is 0.653. The van der Waals surface area contributed by atoms with Gasteiger partial charge in [0.25, 0.3) is 0 Å². The molecule has 1 saturated heterocycles. The van der Waals surface area contributed by atoms with Gasteiger partial charge in [-0.05, 0) is 44.0 Å². The van der Waals surface area contributed by atoms with Gasteiger partial charge in [-0.25, -0.2) is 0 Å². The smallest absolute Gasteiger partial charge is 0.119 e. The number of hydrogen-bond acceptors (Lipinski definition) is 2. The van der Waals surface area contributed by atoms with Gasteiger partial charge in [-0.1, -0.05) is 41.1 Å². The second-order valence-corrected chi connectivity index (χ2v) is 6.46. The Bertz CT molecular complexity index is 334. The Kier molecular flexibility index (Phi) is 5.51. The van der Waals surface area contributed by atoms with Crippen molar-refractivity contribution in [2.75, 3.05) is 26.2 Å². The third-order valence-corrected chi connectivity index (χ3v) is 4.45. The van der Waals surface area contributed by atoms with Crippen LogP contribution in [-0.2, 0) is 0 Å². The van der Waals surface area contributed by atoms with Gasteiger partial charge in [0, 0.05) is 11.4 Å². The summed E-state index contributed by atoms with van der Waals surface area (Å²) in [5.41, 5.74) is 0. The van der Waals surface area contributed by atoms with Crippen LogP contribution in [-0.4, -0.2) is 36.0 Å². The van der Waals surface area contributed by atoms with E-state index in [1.807, 2.05) is 30.3 Å². The summed E-state index contributed by atoms with van der Waals surface area (Å²) in [5, 5.41) is 0. The number of alkyl halides is 1. The monoisotopic (exact) mass is 311 g/mol. The van der Waals surface area contributed by atoms with Crippen molar-refractivity contribution in [1.82, 2.24) is 4.90 Å². The molecule has 3 heteroatoms. The standard InChI is InChI=1S/C15H22BrNO/c1-13(16)14-7-9-17(10-8-14)11-12-18-15-5-3-2-4-6-15/h2-6,13-14H,7-12H2,1H3. The summed E-state index contributed by atoms with van der Waals surface area (Å²) >= 11 is 3.70. The Labute approximate surface area is 118 Å². The molecule has 0 N–H and O–H groups in total. The summed E-state index contributed by atoms with van der Waals surface area (Å²) < 4.78 is 5.73. The maximum absolute atomic E-state index is 5.73. The van der Waals surface area contributed by atoms with Gasteiger partial charge in [0.05, 0.1) is 0 Å². The van der Waals surface area contributed by atoms with Crippen molar-refractivity contribution in [2.45, 2.75) is 24.6 Å². The predicted molar refractivity (Wildman–Crippen MR) is 79.5 cm³/mol. The summed E-state index contributed by atoms with van der Waals surface area (Å²) in [7, 11) is 0. The van der Waals surface area contributed by atoms with E-state index in [9.17, 15) is 0 Å². The van der Waals surface area contributed by atoms with Crippen LogP contribution in [0.2, 0.25) is 0 Å². The fourth-order valence-corrected chi connectivity index (χ4v) is 2.97. The molecule has 2 nitrogen and oxygen atoms in total. The molecule has 1 aromatic carbocycles. The molecule has 0 bridgehead atoms. The zero-order valence-electron chi connectivity index (χ0n) is 11.0. The molecule has 0 aliphatic carbocycles. The van der Waals surface area contributed by atoms with Crippen LogP contribution in [0.5, 0.6) is 5.75 Å². The van der Waals surface area contributed by atoms with Crippen molar-refractivity contribution in [3.05, 3.63) is 30.3 Å². The third-order valence-electron chi connectivity index (χ3n) is 3.70. The van der Waals surface area contributed by atoms with E-state index in [-0.39, 0.29) is 0 Å². The van der Waals surface area contributed by atoms with Crippen molar-refractivity contribution in [3.63, 3.8) is 0 Å². The maximum Gasteiger partial charge on any atom is 0.119 e. The molecule has 2 rings (SSSR count). The lowest BCUT2D eigenvalue weighted by atomic mass is 9.94. The Morgan fingerprint density at radius 2 is 1.94 bits per heavy atom. The molecule has 1 aliphatic heterocycles. The highest BCUT2D eigenvalue weighted by Crippen LogP contribution is 2.24. The van der Waals surface area contributed by atoms with Gasteiger partial charge in [-0.15, -0.1) is 0 Å². The van der Waals surface area contributed by atoms with Gasteiger partial charge in [0.1, 0.15) is 12.4 Å². The van der Waals surface area contributed by atoms with Crippen molar-refractivity contribution in [1.29, 1.82) is 0 Å². The number of rotatable bonds is 5. The number of ether oxygens (including phenoxy) is 1. The molecular weight excluding hydrogens is 290 g/mol. The number of likely N-dealkylation sites (tertiary alicyclic amines) is 1. The van der Waals surface area contributed by atoms with Crippen LogP contribution in [0.25, 0.3) is 0 Å². The van der Waals surface area contributed by atoms with Gasteiger partial charge >= 0.3 is 0 Å². The number of piperidine rings is 1. The first-order chi connectivity index (χ1) is 8.75. The largest absolute Gasteiger partial charge is 0.492 e. The van der Waals surface area contributed by atoms with Crippen LogP contribution < -0.4 is 4.74 Å². The molecule has 0 spiro atoms. The van der Waals surface area contributed by atoms with E-state index in [0.29, 0.717) is 4.83 Å². The lowest BCUT2D eigenvalue weighted by molar-refractivity contribution is 0.155. The second-order valence-electron chi connectivity index (χ2n) is 5.02. The minimum Gasteiger partial charge on any atom is -0.492 e. The lowest BCUT2D eigenvalue weighted by Gasteiger charge is -2.33. The van der Waals surface area contributed by atoms with E-state index >= 15 is 0 Å². The Morgan fingerprint density at radius 1 is 1.28 bits per heavy atom. The Balaban J connectivity index is 1.64. The first kappa shape index (κ1) is 13.9. The number of nitrogens with zero attached hydrogens (tertiary/aromatic N) is 1. The van der Waals surface area contributed by atoms with Crippen LogP contribution in [0.1, 0.15) is 19.8 Å². The molecule has 1 heterocycles. The maximum atomic E-state index is 5.73. The molecule has 1 fully saturated rings. The van der Waals surface area contributed by atoms with Crippen LogP contribution in [0, 0.1) is 5.92 Å². The number of hydrogen-bond donors (Lipinski definition) is 0. The SMILES string of the molecule is CC(Br)C1CCN(CCOc2ccccc2)CC1. The molecule has 1 unspecified atom stereocenters. The number of para-hydroxylation sites is 1. The molecule has 1 aromatic rings. The summed E-state index contributed by atoms with van der Waals surface area (Å²) in [5.74, 6) is 1.82. The van der Waals surface area contributed by atoms with Gasteiger partial charge in [-0.3, -0.25) is 4.90 Å². The van der Waals surface area contributed by atoms with Gasteiger partial charge in [-0.2, -0.15) is 0 Å². The zero-order valence-corrected chi connectivity index (χ0v) is 12.6. The molecular formula is C15H22BrNO. The normalized spacial score (nSPS) is 19.7. The van der Waals surface area contributed by atoms with E-state index in [1.165, 1.54) is 25.9 Å². The van der Waals surface area contributed by atoms with Gasteiger partial charge in [0.15, 0.2) is 0 Å². The van der Waals surface area contributed by atoms with E-state index in [4.69, 9.17) is 4.74 Å². The summed E-state index contributed by atoms with van der Waals surface area (Å²) in [6, 6.07) is 10.1. The predicted octanol–water partition coefficient (Wildman–Crippen LogP) is 3.56. The minimum absolute atomic E-state index is 0.653. The van der Waals surface area contributed by atoms with Gasteiger partial charge in [0.2, 0.25) is 0 Å². The third kappa shape index (κ3) is 4.29. The highest BCUT2D eigenvalue weighted by molar-refractivity contribution is 9.09. The first-order valence-corrected chi connectivity index (χ1v) is 7.71. The molecule has 18 heavy (non-hydrogen) atoms. The zero-order chi connectivity index (χ0) is 12.8. The number of benzene rings is 1. The van der Waals surface area contributed by atoms with E-state index < -0.39 is 0 Å². The van der Waals surface area contributed by atoms with Crippen molar-refractivity contribution < 1.29 is 4.74 Å². The van der Waals surface area contributed by atoms with E-state index in [2.05, 4.69) is 27.8 Å². The fraction of sp³-hybridized carbons (Fsp3) is 0.600. The molecule has 0 radical (unpaired) electrons. The van der Waals surface area contributed by atoms with Crippen LogP contribution >= 0.6 is 15.9 Å². The summed E-state index contributed by atoms with van der Waals surface area (Å²) in [6.07, 6.45) is 2.61. The lowest BCUT2D eigenvalue weighted by Crippen LogP contribution is -2.38. The van der Waals surface area contributed by atoms with E-state index in [0.717, 1.165) is 24.8 Å². The second kappa shape index (κ2) is 7.15. The van der Waals surface area contributed by atoms with Gasteiger partial charge < -0.3 is 4.74 Å². The topological polar surface area (TPSA) is 12.5 Å². The number of halogens is 1.